The molecule has 1 nitrogen and oxygen atoms in total. The highest BCUT2D eigenvalue weighted by Gasteiger charge is 2.24. The molecule has 0 amide bonds. The maximum atomic E-state index is 9.54. The minimum absolute atomic E-state index is 0.00687. The van der Waals surface area contributed by atoms with Gasteiger partial charge in [-0.3, -0.25) is 0 Å². The van der Waals surface area contributed by atoms with Gasteiger partial charge in [-0.15, -0.1) is 0 Å². The molecule has 0 aliphatic heterocycles. The van der Waals surface area contributed by atoms with Crippen molar-refractivity contribution in [1.29, 1.82) is 0 Å². The van der Waals surface area contributed by atoms with Gasteiger partial charge in [-0.2, -0.15) is 0 Å². The van der Waals surface area contributed by atoms with E-state index in [4.69, 9.17) is 23.6 Å². The summed E-state index contributed by atoms with van der Waals surface area (Å²) in [5.41, 5.74) is -1.12. The molecule has 0 aliphatic carbocycles. The summed E-state index contributed by atoms with van der Waals surface area (Å²) in [5, 5.41) is -1.93. The van der Waals surface area contributed by atoms with Crippen molar-refractivity contribution >= 4 is 43.3 Å². The lowest BCUT2D eigenvalue weighted by atomic mass is 9.84. The first-order valence-electron chi connectivity index (χ1n) is 23.8. The molecular formula is C44H28O. The number of hydrogen-bond donors (Lipinski definition) is 0. The van der Waals surface area contributed by atoms with Crippen molar-refractivity contribution in [3.8, 4) is 44.7 Å². The van der Waals surface area contributed by atoms with E-state index < -0.39 is 143 Å². The Labute approximate surface area is 289 Å². The van der Waals surface area contributed by atoms with Gasteiger partial charge in [0.1, 0.15) is 11.3 Å². The van der Waals surface area contributed by atoms with Crippen molar-refractivity contribution in [3.63, 3.8) is 0 Å². The summed E-state index contributed by atoms with van der Waals surface area (Å²) < 4.78 is 184. The van der Waals surface area contributed by atoms with Crippen LogP contribution in [0.25, 0.3) is 88.0 Å². The van der Waals surface area contributed by atoms with E-state index in [0.29, 0.717) is 5.56 Å². The van der Waals surface area contributed by atoms with Gasteiger partial charge in [0.15, 0.2) is 0 Å². The molecule has 1 heteroatoms. The fraction of sp³-hybridized carbons (Fsp3) is 0. The van der Waals surface area contributed by atoms with E-state index in [-0.39, 0.29) is 60.3 Å². The van der Waals surface area contributed by atoms with Crippen molar-refractivity contribution in [2.75, 3.05) is 0 Å². The Balaban J connectivity index is 1.63. The monoisotopic (exact) mass is 592 g/mol. The van der Waals surface area contributed by atoms with Gasteiger partial charge in [0.25, 0.3) is 0 Å². The Bertz CT molecular complexity index is 3540. The predicted octanol–water partition coefficient (Wildman–Crippen LogP) is 12.6. The lowest BCUT2D eigenvalue weighted by Crippen LogP contribution is -1.91. The number of rotatable bonds is 4. The average molecular weight is 593 g/mol. The van der Waals surface area contributed by atoms with Gasteiger partial charge in [0.2, 0.25) is 0 Å². The van der Waals surface area contributed by atoms with Crippen LogP contribution in [0.3, 0.4) is 0 Å². The topological polar surface area (TPSA) is 13.1 Å². The van der Waals surface area contributed by atoms with Crippen LogP contribution >= 0.6 is 0 Å². The number of benzene rings is 8. The Hall–Kier alpha value is -5.92. The van der Waals surface area contributed by atoms with Crippen molar-refractivity contribution in [2.24, 2.45) is 0 Å². The van der Waals surface area contributed by atoms with Crippen molar-refractivity contribution < 1.29 is 31.8 Å². The van der Waals surface area contributed by atoms with Gasteiger partial charge in [-0.05, 0) is 72.7 Å². The largest absolute Gasteiger partial charge is 0.455 e. The van der Waals surface area contributed by atoms with Crippen LogP contribution in [0.5, 0.6) is 0 Å². The zero-order valence-corrected chi connectivity index (χ0v) is 23.0. The van der Waals surface area contributed by atoms with Crippen LogP contribution in [0.1, 0.15) is 27.4 Å². The van der Waals surface area contributed by atoms with E-state index in [1.165, 1.54) is 18.2 Å². The van der Waals surface area contributed by atoms with Gasteiger partial charge in [-0.1, -0.05) is 151 Å². The molecule has 9 rings (SSSR count). The molecule has 0 saturated carbocycles. The van der Waals surface area contributed by atoms with Gasteiger partial charge in [0.05, 0.1) is 27.4 Å². The first-order chi connectivity index (χ1) is 30.6. The quantitative estimate of drug-likeness (QED) is 0.185. The van der Waals surface area contributed by atoms with Crippen LogP contribution in [0.15, 0.2) is 174 Å². The molecule has 0 atom stereocenters. The van der Waals surface area contributed by atoms with Gasteiger partial charge >= 0.3 is 0 Å². The normalized spacial score (nSPS) is 17.8. The molecule has 210 valence electrons. The van der Waals surface area contributed by atoms with E-state index >= 15 is 0 Å². The Morgan fingerprint density at radius 2 is 1.02 bits per heavy atom. The van der Waals surface area contributed by atoms with E-state index in [1.807, 2.05) is 0 Å². The molecule has 0 aliphatic rings. The summed E-state index contributed by atoms with van der Waals surface area (Å²) in [4.78, 5) is 0. The summed E-state index contributed by atoms with van der Waals surface area (Å²) in [5.74, 6) is -0.481. The average Bonchev–Trinajstić information content (AvgIpc) is 3.66. The van der Waals surface area contributed by atoms with Crippen LogP contribution in [0.4, 0.5) is 0 Å². The van der Waals surface area contributed by atoms with Gasteiger partial charge in [0, 0.05) is 22.1 Å². The zero-order valence-electron chi connectivity index (χ0n) is 43.0. The maximum absolute atomic E-state index is 9.54. The lowest BCUT2D eigenvalue weighted by Gasteiger charge is -2.18. The molecule has 45 heavy (non-hydrogen) atoms. The van der Waals surface area contributed by atoms with E-state index in [2.05, 4.69) is 0 Å². The third-order valence-corrected chi connectivity index (χ3v) is 7.64. The van der Waals surface area contributed by atoms with Crippen LogP contribution < -0.4 is 0 Å². The fourth-order valence-electron chi connectivity index (χ4n) is 5.74. The van der Waals surface area contributed by atoms with E-state index in [1.54, 1.807) is 30.3 Å². The molecule has 0 radical (unpaired) electrons. The van der Waals surface area contributed by atoms with Crippen LogP contribution in [-0.4, -0.2) is 0 Å². The first kappa shape index (κ1) is 12.6. The SMILES string of the molecule is [2H]c1c([2H])c([2H])c(-c2ccc3oc(-c4c([2H])c([2H])c5c([2H])c([2H])c([2H])c([2H])c5c4[2H])c(-c4c5c([2H])c([2H])c([2H])c([2H])c5c(-c5ccccc5)c5c([2H])c([2H])c([2H])c([2H])c45)c3c2)c([2H])c1[2H]. The second kappa shape index (κ2) is 10.4. The van der Waals surface area contributed by atoms with Gasteiger partial charge in [-0.25, -0.2) is 0 Å². The van der Waals surface area contributed by atoms with Crippen molar-refractivity contribution in [1.82, 2.24) is 0 Å². The smallest absolute Gasteiger partial charge is 0.143 e. The summed E-state index contributed by atoms with van der Waals surface area (Å²) >= 11 is 0. The van der Waals surface area contributed by atoms with E-state index in [9.17, 15) is 8.22 Å². The highest BCUT2D eigenvalue weighted by Crippen LogP contribution is 2.50. The Kier molecular flexibility index (Phi) is 2.90. The molecular weight excluding hydrogens is 544 g/mol. The van der Waals surface area contributed by atoms with E-state index in [0.717, 1.165) is 0 Å². The number of furan rings is 1. The highest BCUT2D eigenvalue weighted by atomic mass is 16.3. The molecule has 0 bridgehead atoms. The molecule has 0 spiro atoms. The maximum Gasteiger partial charge on any atom is 0.143 e. The molecule has 9 aromatic rings. The van der Waals surface area contributed by atoms with Crippen LogP contribution in [-0.2, 0) is 0 Å². The third-order valence-electron chi connectivity index (χ3n) is 7.64. The summed E-state index contributed by atoms with van der Waals surface area (Å²) in [7, 11) is 0. The molecule has 0 N–H and O–H groups in total. The third kappa shape index (κ3) is 4.17. The zero-order chi connectivity index (χ0) is 47.1. The molecule has 0 saturated heterocycles. The highest BCUT2D eigenvalue weighted by molar-refractivity contribution is 6.25. The molecule has 0 unspecified atom stereocenters. The number of fused-ring (bicyclic) bond motifs is 4. The van der Waals surface area contributed by atoms with Gasteiger partial charge < -0.3 is 4.42 Å². The Morgan fingerprint density at radius 3 is 1.73 bits per heavy atom. The molecule has 0 fully saturated rings. The van der Waals surface area contributed by atoms with Crippen molar-refractivity contribution in [2.45, 2.75) is 0 Å². The number of hydrogen-bond acceptors (Lipinski definition) is 1. The van der Waals surface area contributed by atoms with Crippen molar-refractivity contribution in [3.05, 3.63) is 169 Å². The summed E-state index contributed by atoms with van der Waals surface area (Å²) in [6.07, 6.45) is 0. The molecule has 8 aromatic carbocycles. The molecule has 1 heterocycles. The second-order valence-corrected chi connectivity index (χ2v) is 10.1. The van der Waals surface area contributed by atoms with Crippen LogP contribution in [0, 0.1) is 0 Å². The summed E-state index contributed by atoms with van der Waals surface area (Å²) in [6.45, 7) is 0. The molecule has 1 aromatic heterocycles. The Morgan fingerprint density at radius 1 is 0.400 bits per heavy atom. The van der Waals surface area contributed by atoms with Crippen LogP contribution in [0.2, 0.25) is 0 Å². The second-order valence-electron chi connectivity index (χ2n) is 10.1. The standard InChI is InChI=1S/C44H28O/c1-3-13-29(14-4-1)33-25-26-40-39(28-33)43(44(45-40)34-24-23-30-15-7-8-18-32(30)27-34)42-37-21-11-9-19-35(37)41(31-16-5-2-6-17-31)36-20-10-12-22-38(36)42/h1-28H/i1D,3D,4D,7D,8D,9D,10D,11D,12D,13D,14D,15D,18D,19D,20D,21D,22D,23D,24D,27D. The first-order valence-corrected chi connectivity index (χ1v) is 13.8. The fourth-order valence-corrected chi connectivity index (χ4v) is 5.74. The summed E-state index contributed by atoms with van der Waals surface area (Å²) in [6, 6.07) is -1.38. The lowest BCUT2D eigenvalue weighted by molar-refractivity contribution is 0.632. The minimum atomic E-state index is -0.767. The minimum Gasteiger partial charge on any atom is -0.455 e. The predicted molar refractivity (Wildman–Crippen MR) is 190 cm³/mol.